The summed E-state index contributed by atoms with van der Waals surface area (Å²) in [6.45, 7) is 11.3. The van der Waals surface area contributed by atoms with Gasteiger partial charge in [-0.1, -0.05) is 45.9 Å². The molecule has 2 aromatic heterocycles. The maximum Gasteiger partial charge on any atom is 0.337 e. The van der Waals surface area contributed by atoms with Gasteiger partial charge in [0.2, 0.25) is 0 Å². The summed E-state index contributed by atoms with van der Waals surface area (Å²) in [6.07, 6.45) is 0. The molecule has 0 saturated carbocycles. The van der Waals surface area contributed by atoms with Gasteiger partial charge < -0.3 is 10.2 Å². The first-order valence-corrected chi connectivity index (χ1v) is 12.0. The van der Waals surface area contributed by atoms with Crippen LogP contribution >= 0.6 is 0 Å². The molecule has 0 aliphatic carbocycles. The second-order valence-corrected chi connectivity index (χ2v) is 7.74. The maximum absolute atomic E-state index is 15.0. The quantitative estimate of drug-likeness (QED) is 0.413. The number of benzene rings is 2. The van der Waals surface area contributed by atoms with E-state index in [0.717, 1.165) is 9.13 Å². The number of rotatable bonds is 4. The minimum atomic E-state index is -0.735. The van der Waals surface area contributed by atoms with Crippen LogP contribution in [0.3, 0.4) is 0 Å². The van der Waals surface area contributed by atoms with Crippen molar-refractivity contribution in [3.63, 3.8) is 0 Å². The number of hydrogen-bond acceptors (Lipinski definition) is 4. The van der Waals surface area contributed by atoms with E-state index in [1.807, 2.05) is 27.7 Å². The minimum absolute atomic E-state index is 0. The van der Waals surface area contributed by atoms with Crippen molar-refractivity contribution in [3.8, 4) is 11.4 Å². The summed E-state index contributed by atoms with van der Waals surface area (Å²) in [5.41, 5.74) is 0.136. The summed E-state index contributed by atoms with van der Waals surface area (Å²) in [4.78, 5) is 39.4. The van der Waals surface area contributed by atoms with Crippen LogP contribution in [0.15, 0.2) is 62.9 Å². The molecule has 4 aromatic rings. The van der Waals surface area contributed by atoms with Crippen molar-refractivity contribution < 1.29 is 14.6 Å². The molecule has 0 spiro atoms. The molecule has 9 heteroatoms. The zero-order valence-corrected chi connectivity index (χ0v) is 22.7. The highest BCUT2D eigenvalue weighted by Gasteiger charge is 2.21. The monoisotopic (exact) mass is 513 g/mol. The third-order valence-corrected chi connectivity index (χ3v) is 5.54. The topological polar surface area (TPSA) is 107 Å². The van der Waals surface area contributed by atoms with Crippen LogP contribution in [0.4, 0.5) is 4.39 Å². The lowest BCUT2D eigenvalue weighted by molar-refractivity contribution is 0.414. The lowest BCUT2D eigenvalue weighted by atomic mass is 10.1. The number of methoxy groups -OCH3 is 1. The van der Waals surface area contributed by atoms with Crippen molar-refractivity contribution in [1.82, 2.24) is 13.7 Å². The highest BCUT2D eigenvalue weighted by atomic mass is 19.1. The maximum atomic E-state index is 15.0. The van der Waals surface area contributed by atoms with Gasteiger partial charge in [-0.25, -0.2) is 13.8 Å². The minimum Gasteiger partial charge on any atom is -0.497 e. The number of halogens is 1. The summed E-state index contributed by atoms with van der Waals surface area (Å²) in [5, 5.41) is 0.181. The van der Waals surface area contributed by atoms with Crippen molar-refractivity contribution in [2.75, 3.05) is 7.11 Å². The molecule has 37 heavy (non-hydrogen) atoms. The SMILES string of the molecule is CC.CC.COc1ccc(Cn2c(=O)c3c(C)cc(=O)n(C)c3n(-c3ccc(C)cc3F)c2=O)cc1.O. The van der Waals surface area contributed by atoms with E-state index in [1.165, 1.54) is 29.8 Å². The molecule has 0 aliphatic rings. The molecule has 2 N–H and O–H groups in total. The van der Waals surface area contributed by atoms with Crippen molar-refractivity contribution in [2.24, 2.45) is 7.05 Å². The normalized spacial score (nSPS) is 9.97. The first-order valence-electron chi connectivity index (χ1n) is 12.0. The van der Waals surface area contributed by atoms with Crippen molar-refractivity contribution in [3.05, 3.63) is 102 Å². The van der Waals surface area contributed by atoms with Gasteiger partial charge >= 0.3 is 5.69 Å². The molecule has 0 bridgehead atoms. The van der Waals surface area contributed by atoms with Crippen LogP contribution in [0.25, 0.3) is 16.7 Å². The van der Waals surface area contributed by atoms with Crippen LogP contribution in [-0.4, -0.2) is 26.3 Å². The van der Waals surface area contributed by atoms with Crippen molar-refractivity contribution in [2.45, 2.75) is 48.1 Å². The number of ether oxygens (including phenoxy) is 1. The van der Waals surface area contributed by atoms with Crippen molar-refractivity contribution >= 4 is 11.0 Å². The zero-order chi connectivity index (χ0) is 27.2. The van der Waals surface area contributed by atoms with Gasteiger partial charge in [-0.05, 0) is 54.8 Å². The zero-order valence-electron chi connectivity index (χ0n) is 22.7. The molecule has 0 amide bonds. The molecule has 200 valence electrons. The van der Waals surface area contributed by atoms with Crippen LogP contribution in [0.1, 0.15) is 44.4 Å². The highest BCUT2D eigenvalue weighted by molar-refractivity contribution is 5.79. The van der Waals surface area contributed by atoms with E-state index in [-0.39, 0.29) is 28.7 Å². The van der Waals surface area contributed by atoms with Crippen LogP contribution in [0, 0.1) is 19.7 Å². The lowest BCUT2D eigenvalue weighted by Gasteiger charge is -2.18. The van der Waals surface area contributed by atoms with Gasteiger partial charge in [-0.3, -0.25) is 18.7 Å². The fourth-order valence-electron chi connectivity index (χ4n) is 3.83. The van der Waals surface area contributed by atoms with Crippen LogP contribution in [-0.2, 0) is 13.6 Å². The van der Waals surface area contributed by atoms with Crippen molar-refractivity contribution in [1.29, 1.82) is 0 Å². The molecular formula is C28H36FN3O5. The highest BCUT2D eigenvalue weighted by Crippen LogP contribution is 2.19. The summed E-state index contributed by atoms with van der Waals surface area (Å²) in [7, 11) is 3.00. The standard InChI is InChI=1S/C24H22FN3O4.2C2H6.H2O/c1-14-5-10-19(18(25)11-14)28-22-21(15(2)12-20(29)26(22)3)23(30)27(24(28)31)13-16-6-8-17(32-4)9-7-16;2*1-2;/h5-12H,13H2,1-4H3;2*1-2H3;1H2. The number of aryl methyl sites for hydroxylation is 3. The fourth-order valence-corrected chi connectivity index (χ4v) is 3.83. The van der Waals surface area contributed by atoms with Gasteiger partial charge in [-0.15, -0.1) is 0 Å². The Bertz CT molecular complexity index is 1530. The second-order valence-electron chi connectivity index (χ2n) is 7.74. The molecule has 2 aromatic carbocycles. The molecule has 0 radical (unpaired) electrons. The number of aromatic nitrogens is 3. The van der Waals surface area contributed by atoms with Gasteiger partial charge in [0, 0.05) is 13.1 Å². The average Bonchev–Trinajstić information content (AvgIpc) is 2.88. The van der Waals surface area contributed by atoms with Crippen LogP contribution in [0.5, 0.6) is 5.75 Å². The third-order valence-electron chi connectivity index (χ3n) is 5.54. The van der Waals surface area contributed by atoms with E-state index < -0.39 is 22.6 Å². The fraction of sp³-hybridized carbons (Fsp3) is 0.321. The Morgan fingerprint density at radius 1 is 0.892 bits per heavy atom. The molecule has 2 heterocycles. The molecule has 0 fully saturated rings. The van der Waals surface area contributed by atoms with Gasteiger partial charge in [0.05, 0.1) is 24.7 Å². The van der Waals surface area contributed by atoms with E-state index in [1.54, 1.807) is 51.3 Å². The Hall–Kier alpha value is -3.98. The molecule has 0 saturated heterocycles. The lowest BCUT2D eigenvalue weighted by Crippen LogP contribution is -2.42. The Balaban J connectivity index is 0.00000131. The first-order chi connectivity index (χ1) is 17.2. The Labute approximate surface area is 215 Å². The number of fused-ring (bicyclic) bond motifs is 1. The Morgan fingerprint density at radius 3 is 2.03 bits per heavy atom. The largest absolute Gasteiger partial charge is 0.497 e. The molecule has 0 aliphatic heterocycles. The van der Waals surface area contributed by atoms with E-state index in [0.29, 0.717) is 22.4 Å². The number of nitrogens with zero attached hydrogens (tertiary/aromatic N) is 3. The number of hydrogen-bond donors (Lipinski definition) is 0. The average molecular weight is 514 g/mol. The number of pyridine rings is 1. The molecule has 0 unspecified atom stereocenters. The summed E-state index contributed by atoms with van der Waals surface area (Å²) < 4.78 is 23.5. The molecule has 8 nitrogen and oxygen atoms in total. The van der Waals surface area contributed by atoms with Crippen LogP contribution in [0.2, 0.25) is 0 Å². The first kappa shape index (κ1) is 31.1. The predicted octanol–water partition coefficient (Wildman–Crippen LogP) is 3.89. The molecule has 0 atom stereocenters. The van der Waals surface area contributed by atoms with Gasteiger partial charge in [0.15, 0.2) is 0 Å². The molecular weight excluding hydrogens is 477 g/mol. The molecule has 4 rings (SSSR count). The third kappa shape index (κ3) is 6.06. The predicted molar refractivity (Wildman–Crippen MR) is 147 cm³/mol. The van der Waals surface area contributed by atoms with E-state index in [4.69, 9.17) is 4.74 Å². The Morgan fingerprint density at radius 2 is 1.49 bits per heavy atom. The van der Waals surface area contributed by atoms with E-state index in [2.05, 4.69) is 0 Å². The van der Waals surface area contributed by atoms with Gasteiger partial charge in [0.25, 0.3) is 11.1 Å². The summed E-state index contributed by atoms with van der Waals surface area (Å²) in [6, 6.07) is 12.7. The van der Waals surface area contributed by atoms with Crippen LogP contribution < -0.4 is 21.5 Å². The van der Waals surface area contributed by atoms with Gasteiger partial charge in [0.1, 0.15) is 17.2 Å². The second kappa shape index (κ2) is 13.4. The Kier molecular flexibility index (Phi) is 11.2. The van der Waals surface area contributed by atoms with E-state index >= 15 is 0 Å². The smallest absolute Gasteiger partial charge is 0.337 e. The van der Waals surface area contributed by atoms with E-state index in [9.17, 15) is 18.8 Å². The summed E-state index contributed by atoms with van der Waals surface area (Å²) >= 11 is 0. The van der Waals surface area contributed by atoms with Gasteiger partial charge in [-0.2, -0.15) is 0 Å². The summed E-state index contributed by atoms with van der Waals surface area (Å²) in [5.74, 6) is 0.0154.